The lowest BCUT2D eigenvalue weighted by molar-refractivity contribution is 0.630. The third-order valence-corrected chi connectivity index (χ3v) is 2.95. The quantitative estimate of drug-likeness (QED) is 0.801. The van der Waals surface area contributed by atoms with E-state index in [9.17, 15) is 4.39 Å². The first-order valence-electron chi connectivity index (χ1n) is 5.09. The van der Waals surface area contributed by atoms with Crippen LogP contribution in [0.3, 0.4) is 0 Å². The van der Waals surface area contributed by atoms with E-state index in [1.807, 2.05) is 24.6 Å². The topological polar surface area (TPSA) is 30.9 Å². The maximum absolute atomic E-state index is 13.6. The van der Waals surface area contributed by atoms with Crippen molar-refractivity contribution in [3.8, 4) is 0 Å². The molecular formula is C12H15FN2. The van der Waals surface area contributed by atoms with Gasteiger partial charge in [-0.1, -0.05) is 12.1 Å². The Morgan fingerprint density at radius 3 is 2.73 bits per heavy atom. The van der Waals surface area contributed by atoms with Crippen molar-refractivity contribution in [1.82, 2.24) is 4.57 Å². The lowest BCUT2D eigenvalue weighted by atomic mass is 10.1. The highest BCUT2D eigenvalue weighted by Crippen LogP contribution is 2.26. The van der Waals surface area contributed by atoms with E-state index in [1.165, 1.54) is 6.07 Å². The fourth-order valence-electron chi connectivity index (χ4n) is 2.19. The molecular weight excluding hydrogens is 191 g/mol. The second kappa shape index (κ2) is 3.66. The molecule has 0 aliphatic carbocycles. The van der Waals surface area contributed by atoms with Gasteiger partial charge < -0.3 is 10.3 Å². The maximum Gasteiger partial charge on any atom is 0.147 e. The number of rotatable bonds is 2. The van der Waals surface area contributed by atoms with Gasteiger partial charge in [-0.2, -0.15) is 0 Å². The second-order valence-electron chi connectivity index (χ2n) is 3.81. The first kappa shape index (κ1) is 10.2. The number of para-hydroxylation sites is 1. The van der Waals surface area contributed by atoms with Crippen LogP contribution in [0.4, 0.5) is 4.39 Å². The highest BCUT2D eigenvalue weighted by atomic mass is 19.1. The maximum atomic E-state index is 13.6. The van der Waals surface area contributed by atoms with Crippen LogP contribution in [0.5, 0.6) is 0 Å². The smallest absolute Gasteiger partial charge is 0.147 e. The predicted molar refractivity (Wildman–Crippen MR) is 60.4 cm³/mol. The van der Waals surface area contributed by atoms with E-state index in [4.69, 9.17) is 5.73 Å². The summed E-state index contributed by atoms with van der Waals surface area (Å²) in [5.74, 6) is -0.165. The van der Waals surface area contributed by atoms with Crippen LogP contribution in [0.25, 0.3) is 10.9 Å². The molecule has 2 rings (SSSR count). The van der Waals surface area contributed by atoms with Gasteiger partial charge in [-0.15, -0.1) is 0 Å². The minimum Gasteiger partial charge on any atom is -0.345 e. The number of nitrogens with zero attached hydrogens (tertiary/aromatic N) is 1. The normalized spacial score (nSPS) is 11.2. The Bertz CT molecular complexity index is 500. The lowest BCUT2D eigenvalue weighted by Gasteiger charge is -2.03. The summed E-state index contributed by atoms with van der Waals surface area (Å²) in [5, 5.41) is 0.987. The van der Waals surface area contributed by atoms with Crippen molar-refractivity contribution in [3.63, 3.8) is 0 Å². The molecule has 0 unspecified atom stereocenters. The van der Waals surface area contributed by atoms with Gasteiger partial charge in [0, 0.05) is 24.5 Å². The molecule has 80 valence electrons. The van der Waals surface area contributed by atoms with Crippen molar-refractivity contribution >= 4 is 10.9 Å². The monoisotopic (exact) mass is 206 g/mol. The number of hydrogen-bond acceptors (Lipinski definition) is 1. The van der Waals surface area contributed by atoms with E-state index < -0.39 is 0 Å². The SMILES string of the molecule is Cc1c(CCN)n(C)c2c(F)cccc12. The van der Waals surface area contributed by atoms with Gasteiger partial charge in [0.25, 0.3) is 0 Å². The van der Waals surface area contributed by atoms with Crippen LogP contribution in [-0.2, 0) is 13.5 Å². The molecule has 0 amide bonds. The molecule has 0 aliphatic heterocycles. The van der Waals surface area contributed by atoms with Crippen LogP contribution >= 0.6 is 0 Å². The van der Waals surface area contributed by atoms with Crippen LogP contribution in [0.15, 0.2) is 18.2 Å². The van der Waals surface area contributed by atoms with Crippen LogP contribution in [-0.4, -0.2) is 11.1 Å². The van der Waals surface area contributed by atoms with Gasteiger partial charge in [0.2, 0.25) is 0 Å². The summed E-state index contributed by atoms with van der Waals surface area (Å²) < 4.78 is 15.5. The Morgan fingerprint density at radius 2 is 2.13 bits per heavy atom. The Labute approximate surface area is 88.5 Å². The molecule has 2 aromatic rings. The van der Waals surface area contributed by atoms with Crippen LogP contribution in [0.1, 0.15) is 11.3 Å². The number of fused-ring (bicyclic) bond motifs is 1. The molecule has 3 heteroatoms. The summed E-state index contributed by atoms with van der Waals surface area (Å²) in [7, 11) is 1.89. The third-order valence-electron chi connectivity index (χ3n) is 2.95. The minimum atomic E-state index is -0.165. The van der Waals surface area contributed by atoms with E-state index in [1.54, 1.807) is 6.07 Å². The van der Waals surface area contributed by atoms with E-state index in [2.05, 4.69) is 0 Å². The number of aryl methyl sites for hydroxylation is 2. The number of halogens is 1. The first-order chi connectivity index (χ1) is 7.16. The number of benzene rings is 1. The zero-order valence-corrected chi connectivity index (χ0v) is 9.05. The molecule has 0 saturated heterocycles. The van der Waals surface area contributed by atoms with E-state index in [0.717, 1.165) is 23.1 Å². The summed E-state index contributed by atoms with van der Waals surface area (Å²) in [4.78, 5) is 0. The summed E-state index contributed by atoms with van der Waals surface area (Å²) in [6.45, 7) is 2.61. The summed E-state index contributed by atoms with van der Waals surface area (Å²) in [6, 6.07) is 5.19. The molecule has 2 nitrogen and oxygen atoms in total. The van der Waals surface area contributed by atoms with Crippen molar-refractivity contribution in [2.45, 2.75) is 13.3 Å². The molecule has 0 aliphatic rings. The van der Waals surface area contributed by atoms with Gasteiger partial charge in [0.15, 0.2) is 0 Å². The number of aromatic nitrogens is 1. The van der Waals surface area contributed by atoms with Gasteiger partial charge in [-0.05, 0) is 25.1 Å². The Kier molecular flexibility index (Phi) is 2.49. The summed E-state index contributed by atoms with van der Waals surface area (Å²) in [6.07, 6.45) is 0.788. The molecule has 1 heterocycles. The Hall–Kier alpha value is -1.35. The van der Waals surface area contributed by atoms with E-state index in [-0.39, 0.29) is 5.82 Å². The highest BCUT2D eigenvalue weighted by Gasteiger charge is 2.13. The number of hydrogen-bond donors (Lipinski definition) is 1. The molecule has 15 heavy (non-hydrogen) atoms. The molecule has 0 bridgehead atoms. The van der Waals surface area contributed by atoms with Gasteiger partial charge in [-0.25, -0.2) is 4.39 Å². The van der Waals surface area contributed by atoms with E-state index in [0.29, 0.717) is 12.1 Å². The van der Waals surface area contributed by atoms with E-state index >= 15 is 0 Å². The molecule has 0 saturated carbocycles. The average Bonchev–Trinajstić information content (AvgIpc) is 2.45. The average molecular weight is 206 g/mol. The Morgan fingerprint density at radius 1 is 1.40 bits per heavy atom. The molecule has 1 aromatic carbocycles. The van der Waals surface area contributed by atoms with Crippen molar-refractivity contribution < 1.29 is 4.39 Å². The molecule has 0 spiro atoms. The predicted octanol–water partition coefficient (Wildman–Crippen LogP) is 2.13. The second-order valence-corrected chi connectivity index (χ2v) is 3.81. The molecule has 0 fully saturated rings. The number of nitrogens with two attached hydrogens (primary N) is 1. The molecule has 0 atom stereocenters. The molecule has 1 aromatic heterocycles. The van der Waals surface area contributed by atoms with Gasteiger partial charge in [-0.3, -0.25) is 0 Å². The largest absolute Gasteiger partial charge is 0.345 e. The highest BCUT2D eigenvalue weighted by molar-refractivity contribution is 5.85. The van der Waals surface area contributed by atoms with Gasteiger partial charge in [0.05, 0.1) is 5.52 Å². The molecule has 2 N–H and O–H groups in total. The fourth-order valence-corrected chi connectivity index (χ4v) is 2.19. The van der Waals surface area contributed by atoms with Crippen molar-refractivity contribution in [1.29, 1.82) is 0 Å². The van der Waals surface area contributed by atoms with Crippen molar-refractivity contribution in [3.05, 3.63) is 35.3 Å². The summed E-state index contributed by atoms with van der Waals surface area (Å²) in [5.41, 5.74) is 8.49. The van der Waals surface area contributed by atoms with Crippen molar-refractivity contribution in [2.24, 2.45) is 12.8 Å². The van der Waals surface area contributed by atoms with Crippen LogP contribution in [0, 0.1) is 12.7 Å². The van der Waals surface area contributed by atoms with Gasteiger partial charge >= 0.3 is 0 Å². The van der Waals surface area contributed by atoms with Gasteiger partial charge in [0.1, 0.15) is 5.82 Å². The lowest BCUT2D eigenvalue weighted by Crippen LogP contribution is -2.07. The summed E-state index contributed by atoms with van der Waals surface area (Å²) >= 11 is 0. The fraction of sp³-hybridized carbons (Fsp3) is 0.333. The molecule has 0 radical (unpaired) electrons. The first-order valence-corrected chi connectivity index (χ1v) is 5.09. The van der Waals surface area contributed by atoms with Crippen LogP contribution < -0.4 is 5.73 Å². The standard InChI is InChI=1S/C12H15FN2/c1-8-9-4-3-5-10(13)12(9)15(2)11(8)6-7-14/h3-5H,6-7,14H2,1-2H3. The van der Waals surface area contributed by atoms with Crippen molar-refractivity contribution in [2.75, 3.05) is 6.54 Å². The third kappa shape index (κ3) is 1.43. The van der Waals surface area contributed by atoms with Crippen LogP contribution in [0.2, 0.25) is 0 Å². The Balaban J connectivity index is 2.79. The zero-order chi connectivity index (χ0) is 11.0. The minimum absolute atomic E-state index is 0.165. The zero-order valence-electron chi connectivity index (χ0n) is 9.05.